The average molecular weight is 1040 g/mol. The van der Waals surface area contributed by atoms with Gasteiger partial charge in [0, 0.05) is 124 Å². The summed E-state index contributed by atoms with van der Waals surface area (Å²) in [5.74, 6) is -5.05. The number of rotatable bonds is 11. The highest BCUT2D eigenvalue weighted by Crippen LogP contribution is 2.54. The molecule has 1 saturated heterocycles. The van der Waals surface area contributed by atoms with E-state index in [0.717, 1.165) is 58.7 Å². The van der Waals surface area contributed by atoms with Gasteiger partial charge in [-0.1, -0.05) is 58.6 Å². The number of amides is 1. The molecule has 2 aromatic carbocycles. The normalized spacial score (nSPS) is 31.1. The Morgan fingerprint density at radius 2 is 1.68 bits per heavy atom. The van der Waals surface area contributed by atoms with Crippen LogP contribution in [0.25, 0.3) is 5.57 Å². The number of allylic oxidation sites excluding steroid dienone is 2. The molecule has 0 radical (unpaired) electrons. The van der Waals surface area contributed by atoms with Gasteiger partial charge in [0.2, 0.25) is 5.91 Å². The summed E-state index contributed by atoms with van der Waals surface area (Å²) < 4.78 is 40.0. The number of hydrogen-bond donors (Lipinski definition) is 4. The zero-order valence-electron chi connectivity index (χ0n) is 44.7. The lowest BCUT2D eigenvalue weighted by Gasteiger charge is -2.38. The lowest BCUT2D eigenvalue weighted by atomic mass is 9.77. The lowest BCUT2D eigenvalue weighted by molar-refractivity contribution is -0.160. The number of esters is 1. The van der Waals surface area contributed by atoms with Crippen molar-refractivity contribution < 1.29 is 58.1 Å². The zero-order valence-corrected chi connectivity index (χ0v) is 44.7. The van der Waals surface area contributed by atoms with Crippen molar-refractivity contribution in [2.75, 3.05) is 53.0 Å². The molecule has 404 valence electrons. The molecule has 1 aromatic heterocycles. The van der Waals surface area contributed by atoms with Crippen molar-refractivity contribution in [2.45, 2.75) is 117 Å². The van der Waals surface area contributed by atoms with Gasteiger partial charge in [-0.05, 0) is 51.4 Å². The molecule has 9 rings (SSSR count). The maximum Gasteiger partial charge on any atom is 0.302 e. The van der Waals surface area contributed by atoms with Gasteiger partial charge in [-0.25, -0.2) is 9.98 Å². The summed E-state index contributed by atoms with van der Waals surface area (Å²) in [6, 6.07) is 3.99. The SMILES string of the molecule is C=C1c2c3c(C)c(O)c4c2C2=Nc5c(OCCCCN6CCN(CCn7ccnc7)CC6)cccc5OC2C(NC(=O)/C(C)=C\C=C\[C@H](C)[C@H](O)[C@@H](C)[C@@H](O)[C@@H](C)[C@H](OC(C)=O)[C@H](C)[C@@H](OC)/C=C/O[C@@]1(C)O3)C4=O. The number of methoxy groups -OCH3 is 1. The molecular weight excluding hydrogens is 961 g/mol. The molecule has 5 bridgehead atoms. The van der Waals surface area contributed by atoms with Gasteiger partial charge in [-0.15, -0.1) is 0 Å². The number of Topliss-reactive ketones (excluding diaryl/α,β-unsaturated/α-hetero) is 1. The monoisotopic (exact) mass is 1030 g/mol. The Labute approximate surface area is 439 Å². The number of ketones is 1. The molecule has 75 heavy (non-hydrogen) atoms. The second kappa shape index (κ2) is 23.3. The first-order chi connectivity index (χ1) is 35.8. The Morgan fingerprint density at radius 1 is 0.947 bits per heavy atom. The molecule has 4 N–H and O–H groups in total. The number of nitrogens with zero attached hydrogens (tertiary/aromatic N) is 5. The van der Waals surface area contributed by atoms with E-state index in [1.54, 1.807) is 84.2 Å². The molecule has 6 heterocycles. The van der Waals surface area contributed by atoms with Gasteiger partial charge in [-0.3, -0.25) is 19.3 Å². The van der Waals surface area contributed by atoms with Crippen LogP contribution in [-0.2, 0) is 30.3 Å². The summed E-state index contributed by atoms with van der Waals surface area (Å²) in [6.45, 7) is 25.1. The number of aromatic nitrogens is 2. The van der Waals surface area contributed by atoms with Crippen LogP contribution in [0.2, 0.25) is 0 Å². The molecule has 18 heteroatoms. The van der Waals surface area contributed by atoms with Crippen LogP contribution < -0.4 is 19.5 Å². The van der Waals surface area contributed by atoms with E-state index in [-0.39, 0.29) is 39.5 Å². The van der Waals surface area contributed by atoms with E-state index in [9.17, 15) is 24.9 Å². The number of fused-ring (bicyclic) bond motifs is 14. The number of hydrogen-bond acceptors (Lipinski definition) is 16. The molecular formula is C57H74N6O12. The Balaban J connectivity index is 1.11. The standard InChI is InChI=1S/C57H74N6O12/c1-32-15-13-16-33(2)56(69)60-48-52(68)45-44(47-55(48)74-42-18-14-17-41(46(42)59-47)71-29-12-11-21-61-23-25-62(26-24-61)27-28-63-22-20-58-31-63)43-38(7)57(9,75-54(43)37(6)51(45)67)72-30-19-40(70-10)34(3)53(73-39(8)64)36(5)50(66)35(4)49(32)65/h13-20,22,30-32,34-36,40,48-50,53,55,65-67H,7,11-12,21,23-29H2,1-6,8-10H3,(H,60,69)/b15-13+,30-19+,33-16-/t32-,34+,35+,36+,40-,48?,49-,50+,53+,55?,57-/m0/s1. The number of imidazole rings is 1. The quantitative estimate of drug-likeness (QED) is 0.122. The molecule has 11 atom stereocenters. The number of carbonyl (C=O) groups is 3. The number of ether oxygens (including phenoxy) is 6. The minimum absolute atomic E-state index is 0.0883. The number of piperazine rings is 1. The first-order valence-electron chi connectivity index (χ1n) is 26.1. The number of carbonyl (C=O) groups excluding carboxylic acids is 3. The molecule has 3 aromatic rings. The number of para-hydroxylation sites is 1. The second-order valence-electron chi connectivity index (χ2n) is 20.8. The molecule has 2 unspecified atom stereocenters. The summed E-state index contributed by atoms with van der Waals surface area (Å²) >= 11 is 0. The van der Waals surface area contributed by atoms with Gasteiger partial charge >= 0.3 is 5.97 Å². The number of aliphatic hydroxyl groups excluding tert-OH is 2. The molecule has 0 spiro atoms. The summed E-state index contributed by atoms with van der Waals surface area (Å²) in [7, 11) is 1.50. The van der Waals surface area contributed by atoms with Crippen LogP contribution in [0, 0.1) is 30.6 Å². The van der Waals surface area contributed by atoms with Crippen molar-refractivity contribution in [2.24, 2.45) is 28.7 Å². The fourth-order valence-corrected chi connectivity index (χ4v) is 10.9. The van der Waals surface area contributed by atoms with Crippen LogP contribution in [0.3, 0.4) is 0 Å². The van der Waals surface area contributed by atoms with E-state index in [2.05, 4.69) is 31.2 Å². The van der Waals surface area contributed by atoms with Crippen LogP contribution in [0.15, 0.2) is 84.6 Å². The van der Waals surface area contributed by atoms with Gasteiger partial charge in [0.25, 0.3) is 5.79 Å². The Kier molecular flexibility index (Phi) is 17.1. The molecule has 1 fully saturated rings. The van der Waals surface area contributed by atoms with Gasteiger partial charge in [0.1, 0.15) is 40.8 Å². The highest BCUT2D eigenvalue weighted by Gasteiger charge is 2.53. The summed E-state index contributed by atoms with van der Waals surface area (Å²) in [6.07, 6.45) is 10.4. The number of aliphatic hydroxyl groups is 2. The van der Waals surface area contributed by atoms with E-state index in [1.165, 1.54) is 20.3 Å². The van der Waals surface area contributed by atoms with E-state index >= 15 is 4.79 Å². The average Bonchev–Trinajstić information content (AvgIpc) is 4.03. The molecule has 18 nitrogen and oxygen atoms in total. The van der Waals surface area contributed by atoms with Crippen molar-refractivity contribution in [3.8, 4) is 23.0 Å². The van der Waals surface area contributed by atoms with Crippen molar-refractivity contribution in [3.05, 3.63) is 102 Å². The Hall–Kier alpha value is -6.31. The molecule has 5 aliphatic heterocycles. The van der Waals surface area contributed by atoms with Gasteiger partial charge < -0.3 is 58.5 Å². The third-order valence-corrected chi connectivity index (χ3v) is 15.7. The van der Waals surface area contributed by atoms with Crippen LogP contribution in [-0.4, -0.2) is 153 Å². The fraction of sp³-hybridized carbons (Fsp3) is 0.526. The topological polar surface area (TPSA) is 216 Å². The van der Waals surface area contributed by atoms with Gasteiger partial charge in [0.15, 0.2) is 11.9 Å². The van der Waals surface area contributed by atoms with Crippen molar-refractivity contribution >= 4 is 34.6 Å². The van der Waals surface area contributed by atoms with Gasteiger partial charge in [0.05, 0.1) is 48.8 Å². The van der Waals surface area contributed by atoms with Crippen LogP contribution in [0.1, 0.15) is 88.4 Å². The Morgan fingerprint density at radius 3 is 2.37 bits per heavy atom. The van der Waals surface area contributed by atoms with E-state index in [4.69, 9.17) is 33.4 Å². The van der Waals surface area contributed by atoms with E-state index in [0.29, 0.717) is 34.9 Å². The molecule has 0 saturated carbocycles. The predicted octanol–water partition coefficient (Wildman–Crippen LogP) is 6.32. The number of phenolic OH excluding ortho intramolecular Hbond substituents is 1. The first-order valence-corrected chi connectivity index (χ1v) is 26.1. The second-order valence-corrected chi connectivity index (χ2v) is 20.8. The number of benzene rings is 2. The minimum Gasteiger partial charge on any atom is -0.507 e. The first kappa shape index (κ1) is 54.9. The summed E-state index contributed by atoms with van der Waals surface area (Å²) in [5, 5.41) is 38.2. The van der Waals surface area contributed by atoms with Crippen molar-refractivity contribution in [1.29, 1.82) is 0 Å². The maximum absolute atomic E-state index is 15.0. The predicted molar refractivity (Wildman–Crippen MR) is 282 cm³/mol. The largest absolute Gasteiger partial charge is 0.507 e. The van der Waals surface area contributed by atoms with Crippen molar-refractivity contribution in [1.82, 2.24) is 24.7 Å². The number of aromatic hydroxyl groups is 1. The highest BCUT2D eigenvalue weighted by molar-refractivity contribution is 6.26. The smallest absolute Gasteiger partial charge is 0.302 e. The highest BCUT2D eigenvalue weighted by atomic mass is 16.7. The van der Waals surface area contributed by atoms with Crippen molar-refractivity contribution in [3.63, 3.8) is 0 Å². The molecule has 1 aliphatic carbocycles. The fourth-order valence-electron chi connectivity index (χ4n) is 10.9. The third kappa shape index (κ3) is 11.5. The third-order valence-electron chi connectivity index (χ3n) is 15.7. The Bertz CT molecular complexity index is 2730. The molecule has 1 amide bonds. The van der Waals surface area contributed by atoms with Crippen LogP contribution in [0.4, 0.5) is 5.69 Å². The van der Waals surface area contributed by atoms with E-state index < -0.39 is 83.7 Å². The number of nitrogens with one attached hydrogen (secondary N) is 1. The maximum atomic E-state index is 15.0. The van der Waals surface area contributed by atoms with E-state index in [1.807, 2.05) is 25.5 Å². The van der Waals surface area contributed by atoms with Gasteiger partial charge in [-0.2, -0.15) is 0 Å². The zero-order chi connectivity index (χ0) is 53.9. The van der Waals surface area contributed by atoms with Crippen LogP contribution in [0.5, 0.6) is 23.0 Å². The number of phenols is 1. The lowest BCUT2D eigenvalue weighted by Crippen LogP contribution is -2.58. The number of unbranched alkanes of at least 4 members (excludes halogenated alkanes) is 1. The summed E-state index contributed by atoms with van der Waals surface area (Å²) in [5.41, 5.74) is 1.92. The minimum atomic E-state index is -1.60. The molecule has 6 aliphatic rings. The number of aliphatic imine (C=N–C) groups is 1. The van der Waals surface area contributed by atoms with Crippen LogP contribution >= 0.6 is 0 Å². The summed E-state index contributed by atoms with van der Waals surface area (Å²) in [4.78, 5) is 56.0.